The molecule has 0 aliphatic heterocycles. The molecular formula is C12H8F3NO3. The van der Waals surface area contributed by atoms with E-state index in [9.17, 15) is 22.8 Å². The highest BCUT2D eigenvalue weighted by Crippen LogP contribution is 2.33. The number of aldehydes is 1. The molecular weight excluding hydrogens is 263 g/mol. The number of carbonyl (C=O) groups is 2. The number of hydrogen-bond donors (Lipinski definition) is 0. The van der Waals surface area contributed by atoms with Crippen LogP contribution in [0.2, 0.25) is 0 Å². The summed E-state index contributed by atoms with van der Waals surface area (Å²) < 4.78 is 42.8. The van der Waals surface area contributed by atoms with Gasteiger partial charge < -0.3 is 4.74 Å². The molecule has 4 nitrogen and oxygen atoms in total. The molecule has 0 heterocycles. The van der Waals surface area contributed by atoms with Gasteiger partial charge in [-0.05, 0) is 19.1 Å². The van der Waals surface area contributed by atoms with Crippen LogP contribution >= 0.6 is 0 Å². The van der Waals surface area contributed by atoms with Crippen LogP contribution in [-0.4, -0.2) is 18.9 Å². The maximum Gasteiger partial charge on any atom is 0.417 e. The number of halogens is 3. The molecule has 0 unspecified atom stereocenters. The number of nitriles is 1. The first-order valence-corrected chi connectivity index (χ1v) is 5.12. The van der Waals surface area contributed by atoms with Crippen molar-refractivity contribution in [2.45, 2.75) is 13.1 Å². The number of rotatable bonds is 3. The molecule has 7 heteroatoms. The van der Waals surface area contributed by atoms with Gasteiger partial charge in [-0.1, -0.05) is 0 Å². The van der Waals surface area contributed by atoms with Crippen molar-refractivity contribution in [1.29, 1.82) is 5.26 Å². The maximum absolute atomic E-state index is 12.8. The third-order valence-corrected chi connectivity index (χ3v) is 2.23. The normalized spacial score (nSPS) is 10.7. The number of carbonyl (C=O) groups excluding carboxylic acids is 2. The fraction of sp³-hybridized carbons (Fsp3) is 0.250. The van der Waals surface area contributed by atoms with Crippen molar-refractivity contribution < 1.29 is 27.5 Å². The topological polar surface area (TPSA) is 67.2 Å². The summed E-state index contributed by atoms with van der Waals surface area (Å²) in [4.78, 5) is 22.1. The number of nitrogens with zero attached hydrogens (tertiary/aromatic N) is 1. The van der Waals surface area contributed by atoms with Crippen molar-refractivity contribution in [1.82, 2.24) is 0 Å². The lowest BCUT2D eigenvalue weighted by molar-refractivity contribution is -0.137. The molecule has 0 spiro atoms. The minimum absolute atomic E-state index is 0.0164. The zero-order chi connectivity index (χ0) is 14.6. The van der Waals surface area contributed by atoms with E-state index in [4.69, 9.17) is 5.26 Å². The SMILES string of the molecule is CCOC(=O)c1cc(C#N)c(C=O)c(C(F)(F)F)c1. The van der Waals surface area contributed by atoms with Gasteiger partial charge in [0.1, 0.15) is 0 Å². The van der Waals surface area contributed by atoms with Crippen molar-refractivity contribution in [2.75, 3.05) is 6.61 Å². The van der Waals surface area contributed by atoms with Gasteiger partial charge in [0.15, 0.2) is 6.29 Å². The number of ether oxygens (including phenoxy) is 1. The van der Waals surface area contributed by atoms with Gasteiger partial charge >= 0.3 is 12.1 Å². The molecule has 19 heavy (non-hydrogen) atoms. The third-order valence-electron chi connectivity index (χ3n) is 2.23. The number of esters is 1. The average molecular weight is 271 g/mol. The van der Waals surface area contributed by atoms with Crippen molar-refractivity contribution in [3.8, 4) is 6.07 Å². The van der Waals surface area contributed by atoms with E-state index in [1.807, 2.05) is 0 Å². The Morgan fingerprint density at radius 3 is 2.53 bits per heavy atom. The first kappa shape index (κ1) is 14.7. The zero-order valence-electron chi connectivity index (χ0n) is 9.75. The molecule has 0 atom stereocenters. The summed E-state index contributed by atoms with van der Waals surface area (Å²) in [6.07, 6.45) is -4.90. The minimum Gasteiger partial charge on any atom is -0.462 e. The standard InChI is InChI=1S/C12H8F3NO3/c1-2-19-11(18)7-3-8(5-16)9(6-17)10(4-7)12(13,14)15/h3-4,6H,2H2,1H3. The molecule has 100 valence electrons. The van der Waals surface area contributed by atoms with Gasteiger partial charge in [-0.15, -0.1) is 0 Å². The van der Waals surface area contributed by atoms with E-state index in [2.05, 4.69) is 4.74 Å². The van der Waals surface area contributed by atoms with Gasteiger partial charge in [0.05, 0.1) is 29.4 Å². The summed E-state index contributed by atoms with van der Waals surface area (Å²) in [5.74, 6) is -0.984. The highest BCUT2D eigenvalue weighted by Gasteiger charge is 2.35. The maximum atomic E-state index is 12.8. The zero-order valence-corrected chi connectivity index (χ0v) is 9.75. The van der Waals surface area contributed by atoms with Crippen molar-refractivity contribution in [2.24, 2.45) is 0 Å². The first-order chi connectivity index (χ1) is 8.85. The lowest BCUT2D eigenvalue weighted by Crippen LogP contribution is -2.14. The monoisotopic (exact) mass is 271 g/mol. The van der Waals surface area contributed by atoms with Crippen LogP contribution in [-0.2, 0) is 10.9 Å². The Labute approximate surface area is 106 Å². The van der Waals surface area contributed by atoms with Crippen LogP contribution in [0.5, 0.6) is 0 Å². The molecule has 0 N–H and O–H groups in total. The van der Waals surface area contributed by atoms with Crippen LogP contribution in [0, 0.1) is 11.3 Å². The minimum atomic E-state index is -4.84. The summed E-state index contributed by atoms with van der Waals surface area (Å²) >= 11 is 0. The first-order valence-electron chi connectivity index (χ1n) is 5.12. The van der Waals surface area contributed by atoms with Crippen LogP contribution in [0.15, 0.2) is 12.1 Å². The highest BCUT2D eigenvalue weighted by atomic mass is 19.4. The number of alkyl halides is 3. The molecule has 0 aliphatic rings. The molecule has 0 radical (unpaired) electrons. The van der Waals surface area contributed by atoms with E-state index in [0.717, 1.165) is 6.07 Å². The van der Waals surface area contributed by atoms with E-state index in [1.54, 1.807) is 0 Å². The second kappa shape index (κ2) is 5.52. The smallest absolute Gasteiger partial charge is 0.417 e. The van der Waals surface area contributed by atoms with Crippen molar-refractivity contribution >= 4 is 12.3 Å². The molecule has 1 aromatic rings. The van der Waals surface area contributed by atoms with Crippen LogP contribution in [0.4, 0.5) is 13.2 Å². The Kier molecular flexibility index (Phi) is 4.27. The molecule has 1 aromatic carbocycles. The Bertz CT molecular complexity index is 559. The largest absolute Gasteiger partial charge is 0.462 e. The molecule has 0 bridgehead atoms. The number of hydrogen-bond acceptors (Lipinski definition) is 4. The summed E-state index contributed by atoms with van der Waals surface area (Å²) in [6.45, 7) is 1.48. The van der Waals surface area contributed by atoms with E-state index in [0.29, 0.717) is 6.07 Å². The van der Waals surface area contributed by atoms with E-state index < -0.39 is 34.4 Å². The molecule has 0 saturated heterocycles. The molecule has 0 amide bonds. The van der Waals surface area contributed by atoms with Gasteiger partial charge in [-0.2, -0.15) is 18.4 Å². The van der Waals surface area contributed by atoms with Gasteiger partial charge in [-0.25, -0.2) is 4.79 Å². The van der Waals surface area contributed by atoms with Crippen LogP contribution in [0.25, 0.3) is 0 Å². The van der Waals surface area contributed by atoms with Crippen molar-refractivity contribution in [3.63, 3.8) is 0 Å². The second-order valence-electron chi connectivity index (χ2n) is 3.43. The summed E-state index contributed by atoms with van der Waals surface area (Å²) in [7, 11) is 0. The van der Waals surface area contributed by atoms with Gasteiger partial charge in [-0.3, -0.25) is 4.79 Å². The van der Waals surface area contributed by atoms with Crippen LogP contribution < -0.4 is 0 Å². The fourth-order valence-electron chi connectivity index (χ4n) is 1.44. The summed E-state index contributed by atoms with van der Waals surface area (Å²) in [5, 5.41) is 8.75. The Hall–Kier alpha value is -2.36. The summed E-state index contributed by atoms with van der Waals surface area (Å²) in [5.41, 5.74) is -3.06. The van der Waals surface area contributed by atoms with E-state index >= 15 is 0 Å². The second-order valence-corrected chi connectivity index (χ2v) is 3.43. The molecule has 1 rings (SSSR count). The number of benzene rings is 1. The molecule has 0 saturated carbocycles. The molecule has 0 aromatic heterocycles. The average Bonchev–Trinajstić information content (AvgIpc) is 2.36. The lowest BCUT2D eigenvalue weighted by atomic mass is 9.98. The highest BCUT2D eigenvalue weighted by molar-refractivity contribution is 5.92. The Morgan fingerprint density at radius 2 is 2.11 bits per heavy atom. The van der Waals surface area contributed by atoms with Gasteiger partial charge in [0.25, 0.3) is 0 Å². The predicted molar refractivity (Wildman–Crippen MR) is 57.5 cm³/mol. The Balaban J connectivity index is 3.53. The quantitative estimate of drug-likeness (QED) is 0.626. The van der Waals surface area contributed by atoms with Crippen LogP contribution in [0.3, 0.4) is 0 Å². The van der Waals surface area contributed by atoms with Crippen molar-refractivity contribution in [3.05, 3.63) is 34.4 Å². The van der Waals surface area contributed by atoms with Crippen LogP contribution in [0.1, 0.15) is 38.8 Å². The lowest BCUT2D eigenvalue weighted by Gasteiger charge is -2.12. The van der Waals surface area contributed by atoms with E-state index in [1.165, 1.54) is 13.0 Å². The van der Waals surface area contributed by atoms with Gasteiger partial charge in [0.2, 0.25) is 0 Å². The Morgan fingerprint density at radius 1 is 1.47 bits per heavy atom. The third kappa shape index (κ3) is 3.10. The molecule has 0 aliphatic carbocycles. The fourth-order valence-corrected chi connectivity index (χ4v) is 1.44. The van der Waals surface area contributed by atoms with E-state index in [-0.39, 0.29) is 12.9 Å². The molecule has 0 fully saturated rings. The summed E-state index contributed by atoms with van der Waals surface area (Å²) in [6, 6.07) is 2.86. The van der Waals surface area contributed by atoms with Gasteiger partial charge in [0, 0.05) is 5.56 Å². The predicted octanol–water partition coefficient (Wildman–Crippen LogP) is 2.57.